The summed E-state index contributed by atoms with van der Waals surface area (Å²) in [6, 6.07) is 4.54. The van der Waals surface area contributed by atoms with Crippen LogP contribution in [0.4, 0.5) is 5.69 Å². The van der Waals surface area contributed by atoms with Crippen LogP contribution in [0.15, 0.2) is 18.2 Å². The standard InChI is InChI=1S/C15H19Cl2N3O2/c1-9(20-6-2-3-10(8-20)14(18)21)15(22)19-13-5-4-11(16)7-12(13)17/h4-5,7,9-10H,2-3,6,8H2,1H3,(H2,18,21)(H,19,22). The third-order valence-corrected chi connectivity index (χ3v) is 4.52. The maximum atomic E-state index is 12.4. The Hall–Kier alpha value is -1.30. The Morgan fingerprint density at radius 2 is 2.14 bits per heavy atom. The Labute approximate surface area is 139 Å². The van der Waals surface area contributed by atoms with Gasteiger partial charge in [0.15, 0.2) is 0 Å². The van der Waals surface area contributed by atoms with Crippen molar-refractivity contribution in [1.82, 2.24) is 4.90 Å². The first-order chi connectivity index (χ1) is 10.4. The quantitative estimate of drug-likeness (QED) is 0.881. The normalized spacial score (nSPS) is 20.4. The summed E-state index contributed by atoms with van der Waals surface area (Å²) in [4.78, 5) is 25.7. The van der Waals surface area contributed by atoms with E-state index in [2.05, 4.69) is 5.32 Å². The summed E-state index contributed by atoms with van der Waals surface area (Å²) in [5.41, 5.74) is 5.89. The van der Waals surface area contributed by atoms with Crippen molar-refractivity contribution in [2.24, 2.45) is 11.7 Å². The van der Waals surface area contributed by atoms with E-state index < -0.39 is 0 Å². The number of primary amides is 1. The van der Waals surface area contributed by atoms with Crippen LogP contribution in [0, 0.1) is 5.92 Å². The molecule has 2 amide bonds. The summed E-state index contributed by atoms with van der Waals surface area (Å²) in [5.74, 6) is -0.671. The van der Waals surface area contributed by atoms with Crippen molar-refractivity contribution in [2.45, 2.75) is 25.8 Å². The fraction of sp³-hybridized carbons (Fsp3) is 0.467. The number of piperidine rings is 1. The van der Waals surface area contributed by atoms with Crippen molar-refractivity contribution < 1.29 is 9.59 Å². The van der Waals surface area contributed by atoms with E-state index in [1.165, 1.54) is 0 Å². The molecular weight excluding hydrogens is 325 g/mol. The molecule has 22 heavy (non-hydrogen) atoms. The molecule has 2 unspecified atom stereocenters. The third kappa shape index (κ3) is 4.12. The van der Waals surface area contributed by atoms with Crippen molar-refractivity contribution in [3.8, 4) is 0 Å². The molecule has 0 radical (unpaired) electrons. The molecule has 1 heterocycles. The van der Waals surface area contributed by atoms with Crippen molar-refractivity contribution in [3.05, 3.63) is 28.2 Å². The smallest absolute Gasteiger partial charge is 0.241 e. The Bertz CT molecular complexity index is 580. The van der Waals surface area contributed by atoms with E-state index in [1.807, 2.05) is 11.8 Å². The lowest BCUT2D eigenvalue weighted by atomic mass is 9.96. The van der Waals surface area contributed by atoms with E-state index >= 15 is 0 Å². The molecule has 7 heteroatoms. The first kappa shape index (κ1) is 17.1. The number of likely N-dealkylation sites (tertiary alicyclic amines) is 1. The molecule has 0 saturated carbocycles. The molecular formula is C15H19Cl2N3O2. The highest BCUT2D eigenvalue weighted by Gasteiger charge is 2.29. The van der Waals surface area contributed by atoms with Crippen LogP contribution >= 0.6 is 23.2 Å². The predicted molar refractivity (Wildman–Crippen MR) is 88.0 cm³/mol. The first-order valence-corrected chi connectivity index (χ1v) is 7.93. The van der Waals surface area contributed by atoms with Gasteiger partial charge in [0.2, 0.25) is 11.8 Å². The molecule has 0 spiro atoms. The van der Waals surface area contributed by atoms with Crippen LogP contribution in [0.25, 0.3) is 0 Å². The molecule has 2 rings (SSSR count). The number of nitrogens with two attached hydrogens (primary N) is 1. The number of anilines is 1. The lowest BCUT2D eigenvalue weighted by molar-refractivity contribution is -0.127. The van der Waals surface area contributed by atoms with E-state index in [4.69, 9.17) is 28.9 Å². The van der Waals surface area contributed by atoms with Gasteiger partial charge in [-0.3, -0.25) is 14.5 Å². The van der Waals surface area contributed by atoms with E-state index in [0.717, 1.165) is 19.4 Å². The zero-order valence-electron chi connectivity index (χ0n) is 12.3. The summed E-state index contributed by atoms with van der Waals surface area (Å²) in [7, 11) is 0. The van der Waals surface area contributed by atoms with Crippen LogP contribution in [-0.4, -0.2) is 35.8 Å². The third-order valence-electron chi connectivity index (χ3n) is 3.97. The molecule has 5 nitrogen and oxygen atoms in total. The lowest BCUT2D eigenvalue weighted by Crippen LogP contribution is -2.49. The number of hydrogen-bond donors (Lipinski definition) is 2. The van der Waals surface area contributed by atoms with Crippen LogP contribution in [0.1, 0.15) is 19.8 Å². The summed E-state index contributed by atoms with van der Waals surface area (Å²) >= 11 is 11.9. The molecule has 0 aromatic heterocycles. The maximum absolute atomic E-state index is 12.4. The van der Waals surface area contributed by atoms with Gasteiger partial charge in [-0.2, -0.15) is 0 Å². The summed E-state index contributed by atoms with van der Waals surface area (Å²) in [6.07, 6.45) is 1.64. The second kappa shape index (κ2) is 7.31. The minimum Gasteiger partial charge on any atom is -0.369 e. The number of amides is 2. The summed E-state index contributed by atoms with van der Waals surface area (Å²) < 4.78 is 0. The first-order valence-electron chi connectivity index (χ1n) is 7.17. The topological polar surface area (TPSA) is 75.4 Å². The van der Waals surface area contributed by atoms with E-state index in [9.17, 15) is 9.59 Å². The molecule has 3 N–H and O–H groups in total. The molecule has 1 fully saturated rings. The van der Waals surface area contributed by atoms with E-state index in [0.29, 0.717) is 22.3 Å². The SMILES string of the molecule is CC(C(=O)Nc1ccc(Cl)cc1Cl)N1CCCC(C(N)=O)C1. The number of hydrogen-bond acceptors (Lipinski definition) is 3. The Morgan fingerprint density at radius 3 is 2.77 bits per heavy atom. The zero-order valence-corrected chi connectivity index (χ0v) is 13.8. The molecule has 1 aromatic rings. The molecule has 2 atom stereocenters. The fourth-order valence-electron chi connectivity index (χ4n) is 2.58. The number of carbonyl (C=O) groups excluding carboxylic acids is 2. The van der Waals surface area contributed by atoms with Gasteiger partial charge in [0.25, 0.3) is 0 Å². The van der Waals surface area contributed by atoms with Crippen LogP contribution in [-0.2, 0) is 9.59 Å². The van der Waals surface area contributed by atoms with E-state index in [-0.39, 0.29) is 23.8 Å². The number of nitrogens with zero attached hydrogens (tertiary/aromatic N) is 1. The van der Waals surface area contributed by atoms with Gasteiger partial charge < -0.3 is 11.1 Å². The van der Waals surface area contributed by atoms with Crippen LogP contribution in [0.2, 0.25) is 10.0 Å². The number of nitrogens with one attached hydrogen (secondary N) is 1. The Kier molecular flexibility index (Phi) is 5.67. The minimum atomic E-state index is -0.367. The number of rotatable bonds is 4. The average Bonchev–Trinajstić information content (AvgIpc) is 2.49. The Balaban J connectivity index is 2.01. The van der Waals surface area contributed by atoms with Crippen LogP contribution < -0.4 is 11.1 Å². The van der Waals surface area contributed by atoms with Gasteiger partial charge in [-0.25, -0.2) is 0 Å². The van der Waals surface area contributed by atoms with Crippen molar-refractivity contribution >= 4 is 40.7 Å². The van der Waals surface area contributed by atoms with Crippen LogP contribution in [0.5, 0.6) is 0 Å². The fourth-order valence-corrected chi connectivity index (χ4v) is 3.04. The van der Waals surface area contributed by atoms with Gasteiger partial charge >= 0.3 is 0 Å². The number of benzene rings is 1. The monoisotopic (exact) mass is 343 g/mol. The van der Waals surface area contributed by atoms with Gasteiger partial charge in [-0.05, 0) is 44.5 Å². The molecule has 120 valence electrons. The molecule has 1 aliphatic heterocycles. The molecule has 1 aromatic carbocycles. The highest BCUT2D eigenvalue weighted by molar-refractivity contribution is 6.36. The second-order valence-corrected chi connectivity index (χ2v) is 6.37. The largest absolute Gasteiger partial charge is 0.369 e. The van der Waals surface area contributed by atoms with Gasteiger partial charge in [0.1, 0.15) is 0 Å². The minimum absolute atomic E-state index is 0.172. The molecule has 0 bridgehead atoms. The summed E-state index contributed by atoms with van der Waals surface area (Å²) in [5, 5.41) is 3.69. The van der Waals surface area contributed by atoms with Gasteiger partial charge in [-0.1, -0.05) is 23.2 Å². The Morgan fingerprint density at radius 1 is 1.41 bits per heavy atom. The molecule has 0 aliphatic carbocycles. The number of halogens is 2. The van der Waals surface area contributed by atoms with Gasteiger partial charge in [0, 0.05) is 11.6 Å². The highest BCUT2D eigenvalue weighted by atomic mass is 35.5. The van der Waals surface area contributed by atoms with Crippen LogP contribution in [0.3, 0.4) is 0 Å². The summed E-state index contributed by atoms with van der Waals surface area (Å²) in [6.45, 7) is 3.09. The lowest BCUT2D eigenvalue weighted by Gasteiger charge is -2.34. The zero-order chi connectivity index (χ0) is 16.3. The van der Waals surface area contributed by atoms with E-state index in [1.54, 1.807) is 18.2 Å². The van der Waals surface area contributed by atoms with Crippen molar-refractivity contribution in [1.29, 1.82) is 0 Å². The second-order valence-electron chi connectivity index (χ2n) is 5.53. The van der Waals surface area contributed by atoms with Gasteiger partial charge in [0.05, 0.1) is 22.7 Å². The van der Waals surface area contributed by atoms with Crippen molar-refractivity contribution in [3.63, 3.8) is 0 Å². The molecule has 1 saturated heterocycles. The molecule has 1 aliphatic rings. The highest BCUT2D eigenvalue weighted by Crippen LogP contribution is 2.26. The average molecular weight is 344 g/mol. The predicted octanol–water partition coefficient (Wildman–Crippen LogP) is 2.52. The maximum Gasteiger partial charge on any atom is 0.241 e. The van der Waals surface area contributed by atoms with Crippen molar-refractivity contribution in [2.75, 3.05) is 18.4 Å². The van der Waals surface area contributed by atoms with Gasteiger partial charge in [-0.15, -0.1) is 0 Å². The number of carbonyl (C=O) groups is 2.